The van der Waals surface area contributed by atoms with E-state index in [0.717, 1.165) is 30.0 Å². The first-order valence-corrected chi connectivity index (χ1v) is 7.73. The van der Waals surface area contributed by atoms with E-state index in [1.165, 1.54) is 51.6 Å². The van der Waals surface area contributed by atoms with Crippen LogP contribution in [0.25, 0.3) is 0 Å². The van der Waals surface area contributed by atoms with Crippen LogP contribution in [0.15, 0.2) is 0 Å². The zero-order chi connectivity index (χ0) is 11.8. The largest absolute Gasteiger partial charge is 0.314 e. The Labute approximate surface area is 106 Å². The molecule has 0 aromatic rings. The summed E-state index contributed by atoms with van der Waals surface area (Å²) in [5, 5.41) is 3.72. The van der Waals surface area contributed by atoms with Gasteiger partial charge in [0.2, 0.25) is 0 Å². The van der Waals surface area contributed by atoms with E-state index >= 15 is 0 Å². The van der Waals surface area contributed by atoms with Crippen LogP contribution in [-0.4, -0.2) is 36.1 Å². The molecule has 4 unspecified atom stereocenters. The average molecular weight is 236 g/mol. The summed E-state index contributed by atoms with van der Waals surface area (Å²) in [6.45, 7) is 7.50. The third-order valence-electron chi connectivity index (χ3n) is 5.24. The lowest BCUT2D eigenvalue weighted by Gasteiger charge is -2.50. The van der Waals surface area contributed by atoms with Crippen LogP contribution >= 0.6 is 0 Å². The molecule has 0 bridgehead atoms. The van der Waals surface area contributed by atoms with Crippen LogP contribution in [-0.2, 0) is 0 Å². The molecule has 4 atom stereocenters. The molecule has 0 aromatic carbocycles. The molecule has 98 valence electrons. The topological polar surface area (TPSA) is 15.3 Å². The summed E-state index contributed by atoms with van der Waals surface area (Å²) in [5.41, 5.74) is 0. The molecule has 17 heavy (non-hydrogen) atoms. The Kier molecular flexibility index (Phi) is 3.45. The van der Waals surface area contributed by atoms with Crippen molar-refractivity contribution in [2.75, 3.05) is 13.1 Å². The summed E-state index contributed by atoms with van der Waals surface area (Å²) < 4.78 is 0. The number of nitrogens with one attached hydrogen (secondary N) is 1. The molecule has 1 aliphatic heterocycles. The summed E-state index contributed by atoms with van der Waals surface area (Å²) in [6, 6.07) is 2.62. The number of piperidine rings is 1. The molecule has 1 saturated heterocycles. The number of hydrogen-bond acceptors (Lipinski definition) is 2. The molecule has 3 rings (SSSR count). The molecule has 1 N–H and O–H groups in total. The van der Waals surface area contributed by atoms with Crippen molar-refractivity contribution in [2.24, 2.45) is 11.8 Å². The SMILES string of the molecule is CC1CCN(C2CCC2CNC2CC2)C(C)C1. The van der Waals surface area contributed by atoms with Crippen LogP contribution in [0.4, 0.5) is 0 Å². The molecule has 2 heteroatoms. The van der Waals surface area contributed by atoms with E-state index < -0.39 is 0 Å². The smallest absolute Gasteiger partial charge is 0.0139 e. The highest BCUT2D eigenvalue weighted by Gasteiger charge is 2.39. The first kappa shape index (κ1) is 12.0. The average Bonchev–Trinajstić information content (AvgIpc) is 3.04. The van der Waals surface area contributed by atoms with Gasteiger partial charge >= 0.3 is 0 Å². The minimum atomic E-state index is 0.826. The quantitative estimate of drug-likeness (QED) is 0.807. The van der Waals surface area contributed by atoms with Crippen molar-refractivity contribution >= 4 is 0 Å². The highest BCUT2D eigenvalue weighted by molar-refractivity contribution is 4.95. The molecule has 2 saturated carbocycles. The van der Waals surface area contributed by atoms with E-state index in [9.17, 15) is 0 Å². The lowest BCUT2D eigenvalue weighted by molar-refractivity contribution is 0.00199. The van der Waals surface area contributed by atoms with Gasteiger partial charge in [-0.25, -0.2) is 0 Å². The summed E-state index contributed by atoms with van der Waals surface area (Å²) in [4.78, 5) is 2.82. The van der Waals surface area contributed by atoms with E-state index in [2.05, 4.69) is 24.1 Å². The molecule has 0 spiro atoms. The Morgan fingerprint density at radius 1 is 1.06 bits per heavy atom. The first-order valence-electron chi connectivity index (χ1n) is 7.73. The number of likely N-dealkylation sites (tertiary alicyclic amines) is 1. The van der Waals surface area contributed by atoms with Crippen molar-refractivity contribution in [3.05, 3.63) is 0 Å². The fraction of sp³-hybridized carbons (Fsp3) is 1.00. The number of nitrogens with zero attached hydrogens (tertiary/aromatic N) is 1. The lowest BCUT2D eigenvalue weighted by atomic mass is 9.76. The number of hydrogen-bond donors (Lipinski definition) is 1. The molecule has 0 radical (unpaired) electrons. The van der Waals surface area contributed by atoms with Crippen molar-refractivity contribution in [2.45, 2.75) is 70.5 Å². The maximum absolute atomic E-state index is 3.72. The molecular formula is C15H28N2. The predicted octanol–water partition coefficient (Wildman–Crippen LogP) is 2.64. The highest BCUT2D eigenvalue weighted by Crippen LogP contribution is 2.37. The van der Waals surface area contributed by atoms with E-state index in [1.807, 2.05) is 0 Å². The second kappa shape index (κ2) is 4.89. The third kappa shape index (κ3) is 2.68. The van der Waals surface area contributed by atoms with Gasteiger partial charge in [-0.1, -0.05) is 6.92 Å². The van der Waals surface area contributed by atoms with Gasteiger partial charge in [0.05, 0.1) is 0 Å². The molecule has 0 amide bonds. The van der Waals surface area contributed by atoms with Crippen LogP contribution in [0.3, 0.4) is 0 Å². The standard InChI is InChI=1S/C15H28N2/c1-11-7-8-17(12(2)9-11)15-6-3-13(15)10-16-14-4-5-14/h11-16H,3-10H2,1-2H3. The van der Waals surface area contributed by atoms with Crippen LogP contribution in [0, 0.1) is 11.8 Å². The first-order chi connectivity index (χ1) is 8.24. The van der Waals surface area contributed by atoms with Crippen LogP contribution in [0.1, 0.15) is 52.4 Å². The monoisotopic (exact) mass is 236 g/mol. The lowest BCUT2D eigenvalue weighted by Crippen LogP contribution is -2.55. The Morgan fingerprint density at radius 3 is 2.47 bits per heavy atom. The fourth-order valence-electron chi connectivity index (χ4n) is 3.75. The van der Waals surface area contributed by atoms with Gasteiger partial charge in [0.1, 0.15) is 0 Å². The molecule has 2 aliphatic carbocycles. The van der Waals surface area contributed by atoms with Crippen LogP contribution in [0.5, 0.6) is 0 Å². The predicted molar refractivity (Wildman–Crippen MR) is 72.1 cm³/mol. The van der Waals surface area contributed by atoms with Crippen LogP contribution < -0.4 is 5.32 Å². The van der Waals surface area contributed by atoms with E-state index in [0.29, 0.717) is 0 Å². The Balaban J connectivity index is 1.49. The van der Waals surface area contributed by atoms with Gasteiger partial charge in [-0.2, -0.15) is 0 Å². The van der Waals surface area contributed by atoms with Crippen molar-refractivity contribution in [1.82, 2.24) is 10.2 Å². The van der Waals surface area contributed by atoms with Crippen molar-refractivity contribution in [1.29, 1.82) is 0 Å². The fourth-order valence-corrected chi connectivity index (χ4v) is 3.75. The van der Waals surface area contributed by atoms with Gasteiger partial charge in [-0.3, -0.25) is 4.90 Å². The minimum absolute atomic E-state index is 0.826. The summed E-state index contributed by atoms with van der Waals surface area (Å²) in [6.07, 6.45) is 8.60. The van der Waals surface area contributed by atoms with Crippen molar-refractivity contribution < 1.29 is 0 Å². The van der Waals surface area contributed by atoms with Gasteiger partial charge in [0, 0.05) is 18.1 Å². The summed E-state index contributed by atoms with van der Waals surface area (Å²) >= 11 is 0. The third-order valence-corrected chi connectivity index (χ3v) is 5.24. The van der Waals surface area contributed by atoms with Gasteiger partial charge < -0.3 is 5.32 Å². The second-order valence-corrected chi connectivity index (χ2v) is 6.80. The molecule has 3 fully saturated rings. The maximum Gasteiger partial charge on any atom is 0.0139 e. The molecule has 3 aliphatic rings. The summed E-state index contributed by atoms with van der Waals surface area (Å²) in [5.74, 6) is 1.90. The molecular weight excluding hydrogens is 208 g/mol. The Hall–Kier alpha value is -0.0800. The van der Waals surface area contributed by atoms with E-state index in [4.69, 9.17) is 0 Å². The van der Waals surface area contributed by atoms with Gasteiger partial charge in [0.15, 0.2) is 0 Å². The van der Waals surface area contributed by atoms with Gasteiger partial charge in [0.25, 0.3) is 0 Å². The van der Waals surface area contributed by atoms with Crippen LogP contribution in [0.2, 0.25) is 0 Å². The number of rotatable bonds is 4. The minimum Gasteiger partial charge on any atom is -0.314 e. The van der Waals surface area contributed by atoms with Gasteiger partial charge in [-0.15, -0.1) is 0 Å². The van der Waals surface area contributed by atoms with Crippen molar-refractivity contribution in [3.8, 4) is 0 Å². The zero-order valence-electron chi connectivity index (χ0n) is 11.5. The highest BCUT2D eigenvalue weighted by atomic mass is 15.2. The van der Waals surface area contributed by atoms with E-state index in [1.54, 1.807) is 0 Å². The molecule has 0 aromatic heterocycles. The zero-order valence-corrected chi connectivity index (χ0v) is 11.5. The second-order valence-electron chi connectivity index (χ2n) is 6.80. The maximum atomic E-state index is 3.72. The summed E-state index contributed by atoms with van der Waals surface area (Å²) in [7, 11) is 0. The van der Waals surface area contributed by atoms with Gasteiger partial charge in [-0.05, 0) is 70.4 Å². The Morgan fingerprint density at radius 2 is 1.88 bits per heavy atom. The Bertz CT molecular complexity index is 262. The van der Waals surface area contributed by atoms with Crippen molar-refractivity contribution in [3.63, 3.8) is 0 Å². The molecule has 1 heterocycles. The van der Waals surface area contributed by atoms with E-state index in [-0.39, 0.29) is 0 Å². The normalized spacial score (nSPS) is 43.4. The molecule has 2 nitrogen and oxygen atoms in total.